The Bertz CT molecular complexity index is 379. The van der Waals surface area contributed by atoms with Crippen molar-refractivity contribution in [2.75, 3.05) is 0 Å². The van der Waals surface area contributed by atoms with Crippen molar-refractivity contribution in [3.05, 3.63) is 34.9 Å². The summed E-state index contributed by atoms with van der Waals surface area (Å²) >= 11 is 0. The molecule has 0 fully saturated rings. The van der Waals surface area contributed by atoms with Gasteiger partial charge in [0.2, 0.25) is 0 Å². The molecule has 0 amide bonds. The number of rotatable bonds is 0. The van der Waals surface area contributed by atoms with E-state index in [1.165, 1.54) is 5.56 Å². The number of halogens is 1. The van der Waals surface area contributed by atoms with E-state index in [0.29, 0.717) is 6.42 Å². The molecule has 0 unspecified atom stereocenters. The smallest absolute Gasteiger partial charge is 0.123 e. The molecule has 1 aliphatic rings. The van der Waals surface area contributed by atoms with Crippen LogP contribution in [0.4, 0.5) is 4.39 Å². The molecule has 0 radical (unpaired) electrons. The Morgan fingerprint density at radius 1 is 1.33 bits per heavy atom. The maximum Gasteiger partial charge on any atom is 0.123 e. The van der Waals surface area contributed by atoms with Crippen LogP contribution in [0.3, 0.4) is 0 Å². The fourth-order valence-electron chi connectivity index (χ4n) is 2.11. The molecule has 0 aliphatic heterocycles. The minimum atomic E-state index is -0.907. The molecule has 0 spiro atoms. The highest BCUT2D eigenvalue weighted by Gasteiger charge is 2.30. The summed E-state index contributed by atoms with van der Waals surface area (Å²) in [6.45, 7) is 6.49. The van der Waals surface area contributed by atoms with E-state index < -0.39 is 12.2 Å². The fourth-order valence-corrected chi connectivity index (χ4v) is 2.11. The van der Waals surface area contributed by atoms with Crippen molar-refractivity contribution in [2.24, 2.45) is 5.73 Å². The van der Waals surface area contributed by atoms with Crippen LogP contribution in [0.5, 0.6) is 0 Å². The predicted octanol–water partition coefficient (Wildman–Crippen LogP) is 2.88. The summed E-state index contributed by atoms with van der Waals surface area (Å²) in [6, 6.07) is 5.74. The van der Waals surface area contributed by atoms with E-state index in [4.69, 9.17) is 5.73 Å². The summed E-state index contributed by atoms with van der Waals surface area (Å²) in [7, 11) is 0. The summed E-state index contributed by atoms with van der Waals surface area (Å²) in [6.07, 6.45) is -0.435. The predicted molar refractivity (Wildman–Crippen MR) is 60.7 cm³/mol. The summed E-state index contributed by atoms with van der Waals surface area (Å²) in [4.78, 5) is 0. The normalized spacial score (nSPS) is 25.4. The number of alkyl halides is 1. The van der Waals surface area contributed by atoms with Crippen molar-refractivity contribution in [2.45, 2.75) is 44.8 Å². The van der Waals surface area contributed by atoms with Crippen LogP contribution in [0, 0.1) is 0 Å². The first kappa shape index (κ1) is 10.6. The van der Waals surface area contributed by atoms with E-state index in [1.807, 2.05) is 6.07 Å². The zero-order valence-corrected chi connectivity index (χ0v) is 9.55. The van der Waals surface area contributed by atoms with Gasteiger partial charge >= 0.3 is 0 Å². The second-order valence-electron chi connectivity index (χ2n) is 5.41. The number of fused-ring (bicyclic) bond motifs is 1. The number of hydrogen-bond acceptors (Lipinski definition) is 1. The molecule has 1 nitrogen and oxygen atoms in total. The largest absolute Gasteiger partial charge is 0.322 e. The average molecular weight is 207 g/mol. The molecule has 15 heavy (non-hydrogen) atoms. The maximum absolute atomic E-state index is 13.4. The number of hydrogen-bond donors (Lipinski definition) is 1. The minimum absolute atomic E-state index is 0.119. The van der Waals surface area contributed by atoms with Crippen LogP contribution < -0.4 is 5.73 Å². The molecular weight excluding hydrogens is 189 g/mol. The van der Waals surface area contributed by atoms with E-state index in [2.05, 4.69) is 32.9 Å². The van der Waals surface area contributed by atoms with Gasteiger partial charge in [-0.05, 0) is 22.1 Å². The van der Waals surface area contributed by atoms with E-state index in [0.717, 1.165) is 11.1 Å². The molecule has 0 saturated heterocycles. The van der Waals surface area contributed by atoms with Crippen LogP contribution in [0.25, 0.3) is 0 Å². The molecular formula is C13H18FN. The SMILES string of the molecule is CC(C)(C)c1ccc2c(c1)C[C@H](F)[C@@H]2N. The third kappa shape index (κ3) is 1.78. The molecule has 0 saturated carbocycles. The van der Waals surface area contributed by atoms with Crippen molar-refractivity contribution in [1.82, 2.24) is 0 Å². The minimum Gasteiger partial charge on any atom is -0.322 e. The third-order valence-corrected chi connectivity index (χ3v) is 3.17. The lowest BCUT2D eigenvalue weighted by Gasteiger charge is -2.20. The summed E-state index contributed by atoms with van der Waals surface area (Å²) in [5, 5.41) is 0. The molecule has 2 N–H and O–H groups in total. The van der Waals surface area contributed by atoms with E-state index in [9.17, 15) is 4.39 Å². The van der Waals surface area contributed by atoms with Crippen molar-refractivity contribution in [3.8, 4) is 0 Å². The summed E-state index contributed by atoms with van der Waals surface area (Å²) < 4.78 is 13.4. The van der Waals surface area contributed by atoms with Crippen molar-refractivity contribution >= 4 is 0 Å². The molecule has 2 atom stereocenters. The van der Waals surface area contributed by atoms with Crippen LogP contribution in [0.2, 0.25) is 0 Å². The molecule has 1 aromatic carbocycles. The van der Waals surface area contributed by atoms with Gasteiger partial charge in [0.1, 0.15) is 6.17 Å². The van der Waals surface area contributed by atoms with Gasteiger partial charge in [0, 0.05) is 6.42 Å². The van der Waals surface area contributed by atoms with Crippen LogP contribution >= 0.6 is 0 Å². The van der Waals surface area contributed by atoms with Crippen LogP contribution in [-0.4, -0.2) is 6.17 Å². The van der Waals surface area contributed by atoms with E-state index in [1.54, 1.807) is 0 Å². The van der Waals surface area contributed by atoms with Crippen LogP contribution in [0.1, 0.15) is 43.5 Å². The molecule has 1 aromatic rings. The monoisotopic (exact) mass is 207 g/mol. The van der Waals surface area contributed by atoms with Gasteiger partial charge in [0.15, 0.2) is 0 Å². The van der Waals surface area contributed by atoms with Crippen molar-refractivity contribution in [3.63, 3.8) is 0 Å². The lowest BCUT2D eigenvalue weighted by Crippen LogP contribution is -2.17. The van der Waals surface area contributed by atoms with Crippen molar-refractivity contribution in [1.29, 1.82) is 0 Å². The molecule has 0 bridgehead atoms. The second-order valence-corrected chi connectivity index (χ2v) is 5.41. The maximum atomic E-state index is 13.4. The first-order valence-electron chi connectivity index (χ1n) is 5.42. The highest BCUT2D eigenvalue weighted by Crippen LogP contribution is 2.34. The zero-order chi connectivity index (χ0) is 11.2. The summed E-state index contributed by atoms with van der Waals surface area (Å²) in [5.41, 5.74) is 9.21. The lowest BCUT2D eigenvalue weighted by molar-refractivity contribution is 0.303. The third-order valence-electron chi connectivity index (χ3n) is 3.17. The van der Waals surface area contributed by atoms with Crippen LogP contribution in [-0.2, 0) is 11.8 Å². The van der Waals surface area contributed by atoms with E-state index in [-0.39, 0.29) is 5.41 Å². The fraction of sp³-hybridized carbons (Fsp3) is 0.538. The van der Waals surface area contributed by atoms with Gasteiger partial charge in [-0.25, -0.2) is 4.39 Å². The quantitative estimate of drug-likeness (QED) is 0.695. The van der Waals surface area contributed by atoms with Gasteiger partial charge in [-0.3, -0.25) is 0 Å². The molecule has 2 heteroatoms. The Morgan fingerprint density at radius 3 is 2.60 bits per heavy atom. The molecule has 0 aromatic heterocycles. The van der Waals surface area contributed by atoms with E-state index >= 15 is 0 Å². The Labute approximate surface area is 90.5 Å². The van der Waals surface area contributed by atoms with Crippen LogP contribution in [0.15, 0.2) is 18.2 Å². The van der Waals surface area contributed by atoms with Gasteiger partial charge in [0.25, 0.3) is 0 Å². The second kappa shape index (κ2) is 3.31. The van der Waals surface area contributed by atoms with Gasteiger partial charge in [0.05, 0.1) is 6.04 Å². The number of nitrogens with two attached hydrogens (primary N) is 1. The number of benzene rings is 1. The highest BCUT2D eigenvalue weighted by molar-refractivity contribution is 5.41. The molecule has 82 valence electrons. The molecule has 1 aliphatic carbocycles. The zero-order valence-electron chi connectivity index (χ0n) is 9.55. The van der Waals surface area contributed by atoms with Gasteiger partial charge in [-0.15, -0.1) is 0 Å². The topological polar surface area (TPSA) is 26.0 Å². The Hall–Kier alpha value is -0.890. The summed E-state index contributed by atoms with van der Waals surface area (Å²) in [5.74, 6) is 0. The highest BCUT2D eigenvalue weighted by atomic mass is 19.1. The average Bonchev–Trinajstić information content (AvgIpc) is 2.41. The first-order valence-corrected chi connectivity index (χ1v) is 5.42. The first-order chi connectivity index (χ1) is 6.89. The lowest BCUT2D eigenvalue weighted by atomic mass is 9.85. The Morgan fingerprint density at radius 2 is 2.00 bits per heavy atom. The van der Waals surface area contributed by atoms with Crippen molar-refractivity contribution < 1.29 is 4.39 Å². The van der Waals surface area contributed by atoms with Gasteiger partial charge in [-0.1, -0.05) is 39.0 Å². The van der Waals surface area contributed by atoms with Gasteiger partial charge < -0.3 is 5.73 Å². The molecule has 2 rings (SSSR count). The molecule has 0 heterocycles. The van der Waals surface area contributed by atoms with Gasteiger partial charge in [-0.2, -0.15) is 0 Å². The Balaban J connectivity index is 2.42. The Kier molecular flexibility index (Phi) is 2.34. The standard InChI is InChI=1S/C13H18FN/c1-13(2,3)9-4-5-10-8(6-9)7-11(14)12(10)15/h4-6,11-12H,7,15H2,1-3H3/t11-,12+/m0/s1.